The second kappa shape index (κ2) is 6.82. The number of benzene rings is 1. The SMILES string of the molecule is C[C@@H]1CN(CC(=O)O)S(=O)(=O)N(c2c(Cl)cc(C(F)(F)F)cc2Cl)C1. The minimum Gasteiger partial charge on any atom is -0.480 e. The Kier molecular flexibility index (Phi) is 5.48. The number of carbonyl (C=O) groups is 1. The molecule has 1 aromatic carbocycles. The second-order valence-electron chi connectivity index (χ2n) is 5.62. The zero-order chi connectivity index (χ0) is 19.2. The highest BCUT2D eigenvalue weighted by molar-refractivity contribution is 7.90. The summed E-state index contributed by atoms with van der Waals surface area (Å²) >= 11 is 11.8. The summed E-state index contributed by atoms with van der Waals surface area (Å²) in [6, 6.07) is 1.16. The molecule has 1 aromatic rings. The molecule has 0 unspecified atom stereocenters. The molecule has 140 valence electrons. The van der Waals surface area contributed by atoms with Gasteiger partial charge in [-0.15, -0.1) is 0 Å². The number of carboxylic acids is 1. The van der Waals surface area contributed by atoms with Crippen LogP contribution in [0.3, 0.4) is 0 Å². The quantitative estimate of drug-likeness (QED) is 0.814. The molecule has 1 heterocycles. The number of halogens is 5. The minimum atomic E-state index is -4.70. The van der Waals surface area contributed by atoms with Gasteiger partial charge in [-0.1, -0.05) is 30.1 Å². The molecule has 1 N–H and O–H groups in total. The number of alkyl halides is 3. The first-order chi connectivity index (χ1) is 11.3. The Morgan fingerprint density at radius 3 is 2.24 bits per heavy atom. The van der Waals surface area contributed by atoms with Gasteiger partial charge in [-0.3, -0.25) is 9.10 Å². The molecule has 1 fully saturated rings. The minimum absolute atomic E-state index is 0.0407. The van der Waals surface area contributed by atoms with Gasteiger partial charge in [0.25, 0.3) is 0 Å². The summed E-state index contributed by atoms with van der Waals surface area (Å²) in [6.07, 6.45) is -4.70. The lowest BCUT2D eigenvalue weighted by Crippen LogP contribution is -2.54. The third-order valence-corrected chi connectivity index (χ3v) is 5.90. The molecule has 2 rings (SSSR count). The van der Waals surface area contributed by atoms with E-state index in [-0.39, 0.29) is 24.7 Å². The largest absolute Gasteiger partial charge is 0.480 e. The van der Waals surface area contributed by atoms with Crippen molar-refractivity contribution < 1.29 is 31.5 Å². The zero-order valence-corrected chi connectivity index (χ0v) is 15.0. The molecule has 1 atom stereocenters. The topological polar surface area (TPSA) is 77.9 Å². The number of hydrogen-bond donors (Lipinski definition) is 1. The maximum Gasteiger partial charge on any atom is 0.416 e. The normalized spacial score (nSPS) is 21.4. The van der Waals surface area contributed by atoms with Crippen LogP contribution in [0.15, 0.2) is 12.1 Å². The highest BCUT2D eigenvalue weighted by atomic mass is 35.5. The Labute approximate surface area is 151 Å². The summed E-state index contributed by atoms with van der Waals surface area (Å²) in [6.45, 7) is 0.756. The van der Waals surface area contributed by atoms with Crippen LogP contribution >= 0.6 is 23.2 Å². The van der Waals surface area contributed by atoms with Crippen LogP contribution in [0.2, 0.25) is 10.0 Å². The van der Waals surface area contributed by atoms with Crippen LogP contribution < -0.4 is 4.31 Å². The van der Waals surface area contributed by atoms with E-state index in [1.807, 2.05) is 0 Å². The van der Waals surface area contributed by atoms with Crippen molar-refractivity contribution in [2.24, 2.45) is 5.92 Å². The number of nitrogens with zero attached hydrogens (tertiary/aromatic N) is 2. The van der Waals surface area contributed by atoms with Gasteiger partial charge in [0, 0.05) is 13.1 Å². The van der Waals surface area contributed by atoms with Gasteiger partial charge in [-0.25, -0.2) is 0 Å². The third kappa shape index (κ3) is 4.13. The Hall–Kier alpha value is -1.23. The summed E-state index contributed by atoms with van der Waals surface area (Å²) < 4.78 is 65.2. The molecule has 1 aliphatic heterocycles. The molecule has 6 nitrogen and oxygen atoms in total. The Morgan fingerprint density at radius 1 is 1.28 bits per heavy atom. The first-order valence-corrected chi connectivity index (χ1v) is 9.05. The van der Waals surface area contributed by atoms with Crippen molar-refractivity contribution in [1.82, 2.24) is 4.31 Å². The molecule has 0 saturated carbocycles. The van der Waals surface area contributed by atoms with Crippen molar-refractivity contribution in [2.75, 3.05) is 23.9 Å². The Balaban J connectivity index is 2.54. The summed E-state index contributed by atoms with van der Waals surface area (Å²) in [7, 11) is -4.30. The van der Waals surface area contributed by atoms with Crippen molar-refractivity contribution in [3.63, 3.8) is 0 Å². The monoisotopic (exact) mass is 420 g/mol. The first kappa shape index (κ1) is 20.1. The standard InChI is InChI=1S/C13H13Cl2F3N2O4S/c1-7-4-19(6-11(21)22)25(23,24)20(5-7)12-9(14)2-8(3-10(12)15)13(16,17)18/h2-3,7H,4-6H2,1H3,(H,21,22)/t7-/m1/s1. The van der Waals surface area contributed by atoms with Crippen molar-refractivity contribution >= 4 is 45.1 Å². The molecule has 25 heavy (non-hydrogen) atoms. The van der Waals surface area contributed by atoms with E-state index in [1.54, 1.807) is 6.92 Å². The van der Waals surface area contributed by atoms with E-state index in [0.717, 1.165) is 4.31 Å². The van der Waals surface area contributed by atoms with Gasteiger partial charge < -0.3 is 5.11 Å². The summed E-state index contributed by atoms with van der Waals surface area (Å²) in [5, 5.41) is 7.89. The fraction of sp³-hybridized carbons (Fsp3) is 0.462. The van der Waals surface area contributed by atoms with Crippen LogP contribution in [0.25, 0.3) is 0 Å². The van der Waals surface area contributed by atoms with Gasteiger partial charge in [0.05, 0.1) is 21.3 Å². The van der Waals surface area contributed by atoms with E-state index in [9.17, 15) is 26.4 Å². The zero-order valence-electron chi connectivity index (χ0n) is 12.7. The predicted octanol–water partition coefficient (Wildman–Crippen LogP) is 3.10. The average molecular weight is 421 g/mol. The van der Waals surface area contributed by atoms with Crippen LogP contribution in [0.4, 0.5) is 18.9 Å². The second-order valence-corrected chi connectivity index (χ2v) is 8.28. The van der Waals surface area contributed by atoms with Crippen LogP contribution in [0.1, 0.15) is 12.5 Å². The van der Waals surface area contributed by atoms with Gasteiger partial charge in [-0.05, 0) is 18.1 Å². The molecule has 1 saturated heterocycles. The fourth-order valence-corrected chi connectivity index (χ4v) is 5.14. The van der Waals surface area contributed by atoms with Crippen LogP contribution in [0, 0.1) is 5.92 Å². The van der Waals surface area contributed by atoms with Crippen molar-refractivity contribution in [3.8, 4) is 0 Å². The van der Waals surface area contributed by atoms with E-state index < -0.39 is 44.5 Å². The number of hydrogen-bond acceptors (Lipinski definition) is 3. The van der Waals surface area contributed by atoms with Crippen molar-refractivity contribution in [2.45, 2.75) is 13.1 Å². The molecule has 0 radical (unpaired) electrons. The molecule has 0 bridgehead atoms. The molecule has 12 heteroatoms. The number of aliphatic carboxylic acids is 1. The van der Waals surface area contributed by atoms with Gasteiger partial charge in [0.15, 0.2) is 0 Å². The van der Waals surface area contributed by atoms with Gasteiger partial charge >= 0.3 is 22.4 Å². The van der Waals surface area contributed by atoms with Gasteiger partial charge in [0.1, 0.15) is 6.54 Å². The van der Waals surface area contributed by atoms with Gasteiger partial charge in [0.2, 0.25) is 0 Å². The Morgan fingerprint density at radius 2 is 1.80 bits per heavy atom. The molecule has 0 amide bonds. The smallest absolute Gasteiger partial charge is 0.416 e. The lowest BCUT2D eigenvalue weighted by Gasteiger charge is -2.39. The first-order valence-electron chi connectivity index (χ1n) is 6.90. The van der Waals surface area contributed by atoms with E-state index in [0.29, 0.717) is 16.4 Å². The van der Waals surface area contributed by atoms with Crippen LogP contribution in [0.5, 0.6) is 0 Å². The molecular weight excluding hydrogens is 408 g/mol. The predicted molar refractivity (Wildman–Crippen MR) is 86.1 cm³/mol. The highest BCUT2D eigenvalue weighted by Gasteiger charge is 2.41. The number of anilines is 1. The van der Waals surface area contributed by atoms with Gasteiger partial charge in [-0.2, -0.15) is 25.9 Å². The van der Waals surface area contributed by atoms with Crippen molar-refractivity contribution in [3.05, 3.63) is 27.7 Å². The van der Waals surface area contributed by atoms with E-state index in [2.05, 4.69) is 0 Å². The van der Waals surface area contributed by atoms with E-state index in [1.165, 1.54) is 0 Å². The highest BCUT2D eigenvalue weighted by Crippen LogP contribution is 2.42. The summed E-state index contributed by atoms with van der Waals surface area (Å²) in [5.74, 6) is -1.65. The van der Waals surface area contributed by atoms with Crippen LogP contribution in [-0.4, -0.2) is 43.4 Å². The lowest BCUT2D eigenvalue weighted by molar-refractivity contribution is -0.138. The van der Waals surface area contributed by atoms with Crippen molar-refractivity contribution in [1.29, 1.82) is 0 Å². The Bertz CT molecular complexity index is 778. The molecule has 0 aromatic heterocycles. The molecule has 0 aliphatic carbocycles. The molecule has 0 spiro atoms. The number of carboxylic acid groups (broad SMARTS) is 1. The fourth-order valence-electron chi connectivity index (χ4n) is 2.49. The van der Waals surface area contributed by atoms with E-state index in [4.69, 9.17) is 28.3 Å². The molecule has 1 aliphatic rings. The maximum atomic E-state index is 12.8. The number of rotatable bonds is 3. The molecular formula is C13H13Cl2F3N2O4S. The summed E-state index contributed by atoms with van der Waals surface area (Å²) in [5.41, 5.74) is -1.42. The summed E-state index contributed by atoms with van der Waals surface area (Å²) in [4.78, 5) is 10.9. The lowest BCUT2D eigenvalue weighted by atomic mass is 10.1. The maximum absolute atomic E-state index is 12.8. The van der Waals surface area contributed by atoms with E-state index >= 15 is 0 Å². The van der Waals surface area contributed by atoms with Crippen LogP contribution in [-0.2, 0) is 21.2 Å². The third-order valence-electron chi connectivity index (χ3n) is 3.50. The average Bonchev–Trinajstić information content (AvgIpc) is 2.41.